The minimum Gasteiger partial charge on any atom is -0.373 e. The van der Waals surface area contributed by atoms with Crippen LogP contribution < -0.4 is 10.2 Å². The molecule has 6 rings (SSSR count). The van der Waals surface area contributed by atoms with E-state index in [9.17, 15) is 14.4 Å². The summed E-state index contributed by atoms with van der Waals surface area (Å²) in [6, 6.07) is 7.62. The van der Waals surface area contributed by atoms with Gasteiger partial charge in [0.05, 0.1) is 29.6 Å². The number of amides is 3. The molecule has 2 bridgehead atoms. The Balaban J connectivity index is 1.39. The van der Waals surface area contributed by atoms with Crippen LogP contribution in [0.15, 0.2) is 24.3 Å². The van der Waals surface area contributed by atoms with E-state index in [0.29, 0.717) is 16.3 Å². The standard InChI is InChI=1S/C23H22N2O4S/c1-11-5-7-12(8-6-11)24-20(26)17-13-3-2-4-16(13)30-23(17)25-21(27)18-14-9-10-15(29-14)19(18)22(25)28/h5-8,14-15,18-19H,2-4,9-10H2,1H3,(H,24,26)/t14-,15-,18-,19-/m0/s1. The van der Waals surface area contributed by atoms with Crippen LogP contribution in [0, 0.1) is 18.8 Å². The van der Waals surface area contributed by atoms with E-state index in [1.54, 1.807) is 0 Å². The van der Waals surface area contributed by atoms with Gasteiger partial charge in [0.1, 0.15) is 5.00 Å². The van der Waals surface area contributed by atoms with Crippen molar-refractivity contribution in [1.82, 2.24) is 0 Å². The molecule has 4 atom stereocenters. The molecule has 1 aromatic heterocycles. The predicted molar refractivity (Wildman–Crippen MR) is 113 cm³/mol. The van der Waals surface area contributed by atoms with E-state index in [4.69, 9.17) is 4.74 Å². The van der Waals surface area contributed by atoms with Crippen molar-refractivity contribution < 1.29 is 19.1 Å². The Bertz CT molecular complexity index is 1060. The predicted octanol–water partition coefficient (Wildman–Crippen LogP) is 3.46. The van der Waals surface area contributed by atoms with E-state index < -0.39 is 0 Å². The highest BCUT2D eigenvalue weighted by atomic mass is 32.1. The Morgan fingerprint density at radius 3 is 2.40 bits per heavy atom. The Labute approximate surface area is 178 Å². The van der Waals surface area contributed by atoms with Crippen LogP contribution in [-0.2, 0) is 27.2 Å². The topological polar surface area (TPSA) is 75.7 Å². The Morgan fingerprint density at radius 2 is 1.73 bits per heavy atom. The van der Waals surface area contributed by atoms with Crippen LogP contribution in [0.5, 0.6) is 0 Å². The molecule has 2 aromatic rings. The maximum absolute atomic E-state index is 13.3. The smallest absolute Gasteiger partial charge is 0.258 e. The highest BCUT2D eigenvalue weighted by Gasteiger charge is 2.63. The van der Waals surface area contributed by atoms with Gasteiger partial charge in [-0.3, -0.25) is 14.4 Å². The molecule has 1 aliphatic carbocycles. The van der Waals surface area contributed by atoms with Crippen molar-refractivity contribution in [2.75, 3.05) is 10.2 Å². The van der Waals surface area contributed by atoms with Gasteiger partial charge in [-0.1, -0.05) is 17.7 Å². The fraction of sp³-hybridized carbons (Fsp3) is 0.435. The lowest BCUT2D eigenvalue weighted by atomic mass is 9.81. The molecule has 3 saturated heterocycles. The first-order chi connectivity index (χ1) is 14.5. The van der Waals surface area contributed by atoms with Gasteiger partial charge in [0.25, 0.3) is 5.91 Å². The van der Waals surface area contributed by atoms with Gasteiger partial charge in [-0.05, 0) is 56.7 Å². The number of nitrogens with one attached hydrogen (secondary N) is 1. The second-order valence-corrected chi connectivity index (χ2v) is 9.80. The number of benzene rings is 1. The lowest BCUT2D eigenvalue weighted by molar-refractivity contribution is -0.124. The van der Waals surface area contributed by atoms with Crippen molar-refractivity contribution in [2.45, 2.75) is 51.2 Å². The zero-order valence-corrected chi connectivity index (χ0v) is 17.5. The summed E-state index contributed by atoms with van der Waals surface area (Å²) in [7, 11) is 0. The van der Waals surface area contributed by atoms with Crippen LogP contribution in [0.25, 0.3) is 0 Å². The van der Waals surface area contributed by atoms with Crippen LogP contribution in [0.4, 0.5) is 10.7 Å². The second-order valence-electron chi connectivity index (χ2n) is 8.71. The first kappa shape index (κ1) is 18.3. The molecular weight excluding hydrogens is 400 g/mol. The number of nitrogens with zero attached hydrogens (tertiary/aromatic N) is 1. The van der Waals surface area contributed by atoms with E-state index in [2.05, 4.69) is 5.32 Å². The second kappa shape index (κ2) is 6.49. The molecule has 0 saturated carbocycles. The van der Waals surface area contributed by atoms with Crippen LogP contribution in [0.2, 0.25) is 0 Å². The van der Waals surface area contributed by atoms with Crippen molar-refractivity contribution in [3.8, 4) is 0 Å². The summed E-state index contributed by atoms with van der Waals surface area (Å²) in [4.78, 5) is 42.3. The average molecular weight is 423 g/mol. The Kier molecular flexibility index (Phi) is 3.95. The number of hydrogen-bond acceptors (Lipinski definition) is 5. The molecule has 1 N–H and O–H groups in total. The molecule has 0 radical (unpaired) electrons. The van der Waals surface area contributed by atoms with Gasteiger partial charge in [0.15, 0.2) is 0 Å². The van der Waals surface area contributed by atoms with Gasteiger partial charge in [-0.15, -0.1) is 11.3 Å². The number of thiophene rings is 1. The monoisotopic (exact) mass is 422 g/mol. The minimum absolute atomic E-state index is 0.155. The lowest BCUT2D eigenvalue weighted by Crippen LogP contribution is -2.35. The molecule has 3 aliphatic heterocycles. The molecule has 1 aromatic carbocycles. The summed E-state index contributed by atoms with van der Waals surface area (Å²) in [6.45, 7) is 1.99. The first-order valence-corrected chi connectivity index (χ1v) is 11.4. The quantitative estimate of drug-likeness (QED) is 0.769. The summed E-state index contributed by atoms with van der Waals surface area (Å²) < 4.78 is 5.85. The normalized spacial score (nSPS) is 28.9. The summed E-state index contributed by atoms with van der Waals surface area (Å²) in [5.74, 6) is -1.41. The molecule has 6 nitrogen and oxygen atoms in total. The first-order valence-electron chi connectivity index (χ1n) is 10.6. The number of ether oxygens (including phenoxy) is 1. The van der Waals surface area contributed by atoms with Crippen LogP contribution >= 0.6 is 11.3 Å². The highest BCUT2D eigenvalue weighted by molar-refractivity contribution is 7.17. The molecule has 30 heavy (non-hydrogen) atoms. The van der Waals surface area contributed by atoms with E-state index >= 15 is 0 Å². The number of imide groups is 1. The third-order valence-corrected chi connectivity index (χ3v) is 8.20. The fourth-order valence-corrected chi connectivity index (χ4v) is 6.92. The van der Waals surface area contributed by atoms with E-state index in [0.717, 1.165) is 48.1 Å². The Hall–Kier alpha value is -2.51. The van der Waals surface area contributed by atoms with E-state index in [1.807, 2.05) is 31.2 Å². The lowest BCUT2D eigenvalue weighted by Gasteiger charge is -2.18. The summed E-state index contributed by atoms with van der Waals surface area (Å²) >= 11 is 1.44. The molecule has 154 valence electrons. The Morgan fingerprint density at radius 1 is 1.07 bits per heavy atom. The van der Waals surface area contributed by atoms with Crippen molar-refractivity contribution in [2.24, 2.45) is 11.8 Å². The van der Waals surface area contributed by atoms with Crippen LogP contribution in [-0.4, -0.2) is 29.9 Å². The highest BCUT2D eigenvalue weighted by Crippen LogP contribution is 2.52. The fourth-order valence-electron chi connectivity index (χ4n) is 5.52. The molecular formula is C23H22N2O4S. The third kappa shape index (κ3) is 2.48. The van der Waals surface area contributed by atoms with Crippen molar-refractivity contribution >= 4 is 39.7 Å². The van der Waals surface area contributed by atoms with Crippen molar-refractivity contribution in [3.63, 3.8) is 0 Å². The third-order valence-electron chi connectivity index (χ3n) is 6.93. The number of rotatable bonds is 3. The van der Waals surface area contributed by atoms with E-state index in [1.165, 1.54) is 16.2 Å². The van der Waals surface area contributed by atoms with Crippen LogP contribution in [0.3, 0.4) is 0 Å². The molecule has 3 amide bonds. The molecule has 0 unspecified atom stereocenters. The van der Waals surface area contributed by atoms with Gasteiger partial charge in [0, 0.05) is 10.6 Å². The summed E-state index contributed by atoms with van der Waals surface area (Å²) in [5, 5.41) is 3.48. The summed E-state index contributed by atoms with van der Waals surface area (Å²) in [5.41, 5.74) is 3.32. The van der Waals surface area contributed by atoms with E-state index in [-0.39, 0.29) is 41.8 Å². The van der Waals surface area contributed by atoms with Gasteiger partial charge < -0.3 is 10.1 Å². The van der Waals surface area contributed by atoms with Gasteiger partial charge in [-0.25, -0.2) is 4.90 Å². The number of hydrogen-bond donors (Lipinski definition) is 1. The maximum atomic E-state index is 13.3. The number of carbonyl (C=O) groups excluding carboxylic acids is 3. The van der Waals surface area contributed by atoms with Gasteiger partial charge >= 0.3 is 0 Å². The zero-order valence-electron chi connectivity index (χ0n) is 16.6. The number of fused-ring (bicyclic) bond motifs is 6. The number of aryl methyl sites for hydroxylation is 2. The largest absolute Gasteiger partial charge is 0.373 e. The van der Waals surface area contributed by atoms with Gasteiger partial charge in [-0.2, -0.15) is 0 Å². The maximum Gasteiger partial charge on any atom is 0.258 e. The number of anilines is 2. The zero-order chi connectivity index (χ0) is 20.6. The van der Waals surface area contributed by atoms with Crippen molar-refractivity contribution in [3.05, 3.63) is 45.8 Å². The van der Waals surface area contributed by atoms with Crippen LogP contribution in [0.1, 0.15) is 45.6 Å². The average Bonchev–Trinajstić information content (AvgIpc) is 3.50. The molecule has 7 heteroatoms. The van der Waals surface area contributed by atoms with Crippen molar-refractivity contribution in [1.29, 1.82) is 0 Å². The minimum atomic E-state index is -0.388. The molecule has 3 fully saturated rings. The van der Waals surface area contributed by atoms with Gasteiger partial charge in [0.2, 0.25) is 11.8 Å². The number of carbonyl (C=O) groups is 3. The molecule has 4 aliphatic rings. The molecule has 0 spiro atoms. The SMILES string of the molecule is Cc1ccc(NC(=O)c2c(N3C(=O)[C@@H]4[C@@H](C3=O)[C@@H]3CC[C@@H]4O3)sc3c2CCC3)cc1. The molecule has 4 heterocycles. The summed E-state index contributed by atoms with van der Waals surface area (Å²) in [6.07, 6.45) is 4.05.